The molecule has 1 aromatic carbocycles. The van der Waals surface area contributed by atoms with Crippen LogP contribution in [0.5, 0.6) is 0 Å². The third kappa shape index (κ3) is 2.02. The van der Waals surface area contributed by atoms with E-state index in [0.29, 0.717) is 19.6 Å². The Morgan fingerprint density at radius 1 is 1.44 bits per heavy atom. The highest BCUT2D eigenvalue weighted by Gasteiger charge is 2.30. The standard InChI is InChI=1S/C12H17N3O/c1-9-2-4-10(5-3-9)11-8-14-12(16)15(11)7-6-13/h2-5,11H,6-8,13H2,1H3,(H,14,16). The van der Waals surface area contributed by atoms with Gasteiger partial charge >= 0.3 is 6.03 Å². The molecule has 86 valence electrons. The third-order valence-electron chi connectivity index (χ3n) is 2.92. The molecule has 0 bridgehead atoms. The van der Waals surface area contributed by atoms with Crippen LogP contribution in [0.25, 0.3) is 0 Å². The highest BCUT2D eigenvalue weighted by Crippen LogP contribution is 2.24. The highest BCUT2D eigenvalue weighted by atomic mass is 16.2. The van der Waals surface area contributed by atoms with Gasteiger partial charge in [-0.25, -0.2) is 4.79 Å². The van der Waals surface area contributed by atoms with Gasteiger partial charge in [-0.05, 0) is 12.5 Å². The van der Waals surface area contributed by atoms with E-state index in [-0.39, 0.29) is 12.1 Å². The third-order valence-corrected chi connectivity index (χ3v) is 2.92. The molecule has 3 N–H and O–H groups in total. The van der Waals surface area contributed by atoms with Crippen molar-refractivity contribution in [3.8, 4) is 0 Å². The van der Waals surface area contributed by atoms with Crippen LogP contribution in [0.4, 0.5) is 4.79 Å². The molecule has 0 aromatic heterocycles. The molecule has 1 aromatic rings. The number of benzene rings is 1. The summed E-state index contributed by atoms with van der Waals surface area (Å²) in [5.74, 6) is 0. The summed E-state index contributed by atoms with van der Waals surface area (Å²) < 4.78 is 0. The van der Waals surface area contributed by atoms with Crippen molar-refractivity contribution in [2.45, 2.75) is 13.0 Å². The molecule has 4 heteroatoms. The molecule has 1 fully saturated rings. The van der Waals surface area contributed by atoms with E-state index in [9.17, 15) is 4.79 Å². The zero-order chi connectivity index (χ0) is 11.5. The summed E-state index contributed by atoms with van der Waals surface area (Å²) in [4.78, 5) is 13.4. The minimum absolute atomic E-state index is 0.0176. The summed E-state index contributed by atoms with van der Waals surface area (Å²) in [6.45, 7) is 3.82. The predicted molar refractivity (Wildman–Crippen MR) is 63.1 cm³/mol. The SMILES string of the molecule is Cc1ccc(C2CNC(=O)N2CCN)cc1. The molecule has 1 aliphatic heterocycles. The van der Waals surface area contributed by atoms with Crippen LogP contribution in [0, 0.1) is 6.92 Å². The normalized spacial score (nSPS) is 20.0. The van der Waals surface area contributed by atoms with E-state index in [1.165, 1.54) is 5.56 Å². The number of hydrogen-bond acceptors (Lipinski definition) is 2. The van der Waals surface area contributed by atoms with E-state index < -0.39 is 0 Å². The van der Waals surface area contributed by atoms with E-state index >= 15 is 0 Å². The number of carbonyl (C=O) groups is 1. The van der Waals surface area contributed by atoms with Crippen molar-refractivity contribution >= 4 is 6.03 Å². The first-order chi connectivity index (χ1) is 7.72. The van der Waals surface area contributed by atoms with Gasteiger partial charge in [0.15, 0.2) is 0 Å². The molecular weight excluding hydrogens is 202 g/mol. The Balaban J connectivity index is 2.19. The average molecular weight is 219 g/mol. The quantitative estimate of drug-likeness (QED) is 0.797. The van der Waals surface area contributed by atoms with Crippen molar-refractivity contribution < 1.29 is 4.79 Å². The van der Waals surface area contributed by atoms with Crippen molar-refractivity contribution in [1.82, 2.24) is 10.2 Å². The molecule has 1 aliphatic rings. The van der Waals surface area contributed by atoms with E-state index in [1.54, 1.807) is 4.90 Å². The number of nitrogens with two attached hydrogens (primary N) is 1. The Morgan fingerprint density at radius 3 is 2.75 bits per heavy atom. The molecular formula is C12H17N3O. The Labute approximate surface area is 95.4 Å². The highest BCUT2D eigenvalue weighted by molar-refractivity contribution is 5.77. The van der Waals surface area contributed by atoms with Crippen LogP contribution in [-0.4, -0.2) is 30.6 Å². The fourth-order valence-electron chi connectivity index (χ4n) is 2.02. The van der Waals surface area contributed by atoms with Crippen LogP contribution in [0.1, 0.15) is 17.2 Å². The fourth-order valence-corrected chi connectivity index (χ4v) is 2.02. The van der Waals surface area contributed by atoms with Gasteiger partial charge in [0, 0.05) is 19.6 Å². The lowest BCUT2D eigenvalue weighted by Crippen LogP contribution is -2.34. The second-order valence-electron chi connectivity index (χ2n) is 4.09. The Bertz CT molecular complexity index is 374. The number of nitrogens with zero attached hydrogens (tertiary/aromatic N) is 1. The monoisotopic (exact) mass is 219 g/mol. The predicted octanol–water partition coefficient (Wildman–Crippen LogP) is 1.02. The lowest BCUT2D eigenvalue weighted by molar-refractivity contribution is 0.206. The number of carbonyl (C=O) groups excluding carboxylic acids is 1. The first-order valence-corrected chi connectivity index (χ1v) is 5.53. The largest absolute Gasteiger partial charge is 0.336 e. The van der Waals surface area contributed by atoms with Gasteiger partial charge in [0.05, 0.1) is 6.04 Å². The fraction of sp³-hybridized carbons (Fsp3) is 0.417. The van der Waals surface area contributed by atoms with Crippen molar-refractivity contribution in [3.63, 3.8) is 0 Å². The van der Waals surface area contributed by atoms with E-state index in [1.807, 2.05) is 0 Å². The zero-order valence-corrected chi connectivity index (χ0v) is 9.44. The Hall–Kier alpha value is -1.55. The minimum Gasteiger partial charge on any atom is -0.336 e. The molecule has 2 rings (SSSR count). The number of urea groups is 1. The van der Waals surface area contributed by atoms with Gasteiger partial charge in [-0.3, -0.25) is 0 Å². The van der Waals surface area contributed by atoms with Crippen molar-refractivity contribution in [1.29, 1.82) is 0 Å². The molecule has 0 aliphatic carbocycles. The number of rotatable bonds is 3. The summed E-state index contributed by atoms with van der Waals surface area (Å²) in [7, 11) is 0. The Morgan fingerprint density at radius 2 is 2.12 bits per heavy atom. The van der Waals surface area contributed by atoms with E-state index in [0.717, 1.165) is 5.56 Å². The van der Waals surface area contributed by atoms with Crippen LogP contribution in [0.15, 0.2) is 24.3 Å². The molecule has 1 unspecified atom stereocenters. The molecule has 2 amide bonds. The van der Waals surface area contributed by atoms with Crippen LogP contribution in [0.2, 0.25) is 0 Å². The number of nitrogens with one attached hydrogen (secondary N) is 1. The van der Waals surface area contributed by atoms with Crippen molar-refractivity contribution in [2.75, 3.05) is 19.6 Å². The number of hydrogen-bond donors (Lipinski definition) is 2. The summed E-state index contributed by atoms with van der Waals surface area (Å²) >= 11 is 0. The van der Waals surface area contributed by atoms with E-state index in [4.69, 9.17) is 5.73 Å². The molecule has 4 nitrogen and oxygen atoms in total. The second kappa shape index (κ2) is 4.53. The Kier molecular flexibility index (Phi) is 3.10. The first kappa shape index (κ1) is 11.0. The lowest BCUT2D eigenvalue weighted by atomic mass is 10.1. The van der Waals surface area contributed by atoms with Gasteiger partial charge in [-0.1, -0.05) is 29.8 Å². The summed E-state index contributed by atoms with van der Waals surface area (Å²) in [5, 5.41) is 2.85. The maximum Gasteiger partial charge on any atom is 0.318 e. The first-order valence-electron chi connectivity index (χ1n) is 5.53. The van der Waals surface area contributed by atoms with Gasteiger partial charge in [0.2, 0.25) is 0 Å². The van der Waals surface area contributed by atoms with E-state index in [2.05, 4.69) is 36.5 Å². The second-order valence-corrected chi connectivity index (χ2v) is 4.09. The molecule has 0 spiro atoms. The van der Waals surface area contributed by atoms with Crippen molar-refractivity contribution in [3.05, 3.63) is 35.4 Å². The van der Waals surface area contributed by atoms with Crippen LogP contribution >= 0.6 is 0 Å². The smallest absolute Gasteiger partial charge is 0.318 e. The molecule has 16 heavy (non-hydrogen) atoms. The summed E-state index contributed by atoms with van der Waals surface area (Å²) in [5.41, 5.74) is 7.91. The van der Waals surface area contributed by atoms with Crippen LogP contribution in [-0.2, 0) is 0 Å². The topological polar surface area (TPSA) is 58.4 Å². The van der Waals surface area contributed by atoms with Crippen LogP contribution in [0.3, 0.4) is 0 Å². The summed E-state index contributed by atoms with van der Waals surface area (Å²) in [6, 6.07) is 8.39. The molecule has 0 radical (unpaired) electrons. The zero-order valence-electron chi connectivity index (χ0n) is 9.44. The molecule has 1 atom stereocenters. The number of amides is 2. The van der Waals surface area contributed by atoms with Gasteiger partial charge in [-0.15, -0.1) is 0 Å². The minimum atomic E-state index is -0.0176. The summed E-state index contributed by atoms with van der Waals surface area (Å²) in [6.07, 6.45) is 0. The molecule has 0 saturated carbocycles. The van der Waals surface area contributed by atoms with Gasteiger partial charge in [-0.2, -0.15) is 0 Å². The molecule has 1 saturated heterocycles. The van der Waals surface area contributed by atoms with Gasteiger partial charge in [0.1, 0.15) is 0 Å². The molecule has 1 heterocycles. The average Bonchev–Trinajstić information content (AvgIpc) is 2.63. The maximum absolute atomic E-state index is 11.6. The van der Waals surface area contributed by atoms with Crippen molar-refractivity contribution in [2.24, 2.45) is 5.73 Å². The maximum atomic E-state index is 11.6. The van der Waals surface area contributed by atoms with Gasteiger partial charge < -0.3 is 16.0 Å². The lowest BCUT2D eigenvalue weighted by Gasteiger charge is -2.22. The van der Waals surface area contributed by atoms with Crippen LogP contribution < -0.4 is 11.1 Å². The number of aryl methyl sites for hydroxylation is 1. The van der Waals surface area contributed by atoms with Gasteiger partial charge in [0.25, 0.3) is 0 Å².